The molecule has 1 fully saturated rings. The van der Waals surface area contributed by atoms with Crippen molar-refractivity contribution in [3.63, 3.8) is 0 Å². The van der Waals surface area contributed by atoms with Gasteiger partial charge >= 0.3 is 0 Å². The molecule has 84 valence electrons. The first kappa shape index (κ1) is 10.6. The Labute approximate surface area is 88.0 Å². The Morgan fingerprint density at radius 3 is 2.87 bits per heavy atom. The lowest BCUT2D eigenvalue weighted by Crippen LogP contribution is -2.04. The normalized spacial score (nSPS) is 26.7. The number of aromatic nitrogens is 1. The van der Waals surface area contributed by atoms with Gasteiger partial charge in [-0.2, -0.15) is 0 Å². The van der Waals surface area contributed by atoms with Crippen molar-refractivity contribution in [3.8, 4) is 0 Å². The number of aliphatic hydroxyl groups is 1. The van der Waals surface area contributed by atoms with Gasteiger partial charge in [-0.15, -0.1) is 0 Å². The summed E-state index contributed by atoms with van der Waals surface area (Å²) in [4.78, 5) is 4.08. The van der Waals surface area contributed by atoms with E-state index in [9.17, 15) is 13.5 Å². The van der Waals surface area contributed by atoms with Crippen LogP contribution in [-0.2, 0) is 9.84 Å². The van der Waals surface area contributed by atoms with Crippen LogP contribution in [-0.4, -0.2) is 30.0 Å². The zero-order chi connectivity index (χ0) is 11.1. The maximum absolute atomic E-state index is 11.2. The van der Waals surface area contributed by atoms with Gasteiger partial charge in [0.2, 0.25) is 0 Å². The molecule has 1 aromatic rings. The fourth-order valence-corrected chi connectivity index (χ4v) is 3.40. The highest BCUT2D eigenvalue weighted by molar-refractivity contribution is 7.91. The van der Waals surface area contributed by atoms with E-state index in [0.717, 1.165) is 0 Å². The minimum Gasteiger partial charge on any atom is -0.448 e. The second-order valence-electron chi connectivity index (χ2n) is 3.89. The van der Waals surface area contributed by atoms with Crippen LogP contribution in [0.15, 0.2) is 10.7 Å². The molecular weight excluding hydrogens is 218 g/mol. The van der Waals surface area contributed by atoms with Crippen LogP contribution in [0.1, 0.15) is 37.0 Å². The molecule has 2 unspecified atom stereocenters. The van der Waals surface area contributed by atoms with E-state index in [1.807, 2.05) is 0 Å². The summed E-state index contributed by atoms with van der Waals surface area (Å²) in [6.07, 6.45) is 1.26. The fraction of sp³-hybridized carbons (Fsp3) is 0.667. The van der Waals surface area contributed by atoms with Crippen LogP contribution < -0.4 is 0 Å². The Kier molecular flexibility index (Phi) is 2.56. The molecule has 5 nitrogen and oxygen atoms in total. The number of hydrogen-bond donors (Lipinski definition) is 1. The van der Waals surface area contributed by atoms with Crippen LogP contribution >= 0.6 is 0 Å². The van der Waals surface area contributed by atoms with Gasteiger partial charge in [0.25, 0.3) is 0 Å². The first-order chi connectivity index (χ1) is 6.98. The molecule has 2 atom stereocenters. The van der Waals surface area contributed by atoms with Gasteiger partial charge in [0.15, 0.2) is 15.7 Å². The number of oxazole rings is 1. The van der Waals surface area contributed by atoms with Gasteiger partial charge in [-0.3, -0.25) is 0 Å². The van der Waals surface area contributed by atoms with Crippen LogP contribution in [0.3, 0.4) is 0 Å². The van der Waals surface area contributed by atoms with Crippen LogP contribution in [0, 0.1) is 0 Å². The lowest BCUT2D eigenvalue weighted by Gasteiger charge is -2.00. The molecule has 1 aliphatic rings. The molecule has 0 bridgehead atoms. The topological polar surface area (TPSA) is 80.4 Å². The quantitative estimate of drug-likeness (QED) is 0.807. The highest BCUT2D eigenvalue weighted by Gasteiger charge is 2.32. The van der Waals surface area contributed by atoms with Crippen LogP contribution in [0.4, 0.5) is 0 Å². The van der Waals surface area contributed by atoms with Crippen LogP contribution in [0.2, 0.25) is 0 Å². The fourth-order valence-electron chi connectivity index (χ4n) is 1.67. The average Bonchev–Trinajstić information content (AvgIpc) is 2.70. The SMILES string of the molecule is CC(O)c1coc(C2CCS(=O)(=O)C2)n1. The van der Waals surface area contributed by atoms with Crippen LogP contribution in [0.5, 0.6) is 0 Å². The van der Waals surface area contributed by atoms with E-state index in [-0.39, 0.29) is 17.4 Å². The summed E-state index contributed by atoms with van der Waals surface area (Å²) < 4.78 is 27.6. The van der Waals surface area contributed by atoms with E-state index in [4.69, 9.17) is 4.42 Å². The van der Waals surface area contributed by atoms with Crippen LogP contribution in [0.25, 0.3) is 0 Å². The first-order valence-corrected chi connectivity index (χ1v) is 6.64. The highest BCUT2D eigenvalue weighted by Crippen LogP contribution is 2.28. The Morgan fingerprint density at radius 2 is 2.40 bits per heavy atom. The molecule has 0 radical (unpaired) electrons. The zero-order valence-corrected chi connectivity index (χ0v) is 9.20. The average molecular weight is 231 g/mol. The van der Waals surface area contributed by atoms with Gasteiger partial charge < -0.3 is 9.52 Å². The lowest BCUT2D eigenvalue weighted by molar-refractivity contribution is 0.194. The number of hydrogen-bond acceptors (Lipinski definition) is 5. The van der Waals surface area contributed by atoms with E-state index >= 15 is 0 Å². The second kappa shape index (κ2) is 3.61. The van der Waals surface area contributed by atoms with Gasteiger partial charge in [0, 0.05) is 0 Å². The molecule has 0 aromatic carbocycles. The van der Waals surface area contributed by atoms with Crippen molar-refractivity contribution < 1.29 is 17.9 Å². The molecule has 0 amide bonds. The third-order valence-electron chi connectivity index (χ3n) is 2.55. The molecular formula is C9H13NO4S. The van der Waals surface area contributed by atoms with Crippen molar-refractivity contribution in [1.29, 1.82) is 0 Å². The Bertz CT molecular complexity index is 448. The van der Waals surface area contributed by atoms with Gasteiger partial charge in [0.05, 0.1) is 23.5 Å². The molecule has 15 heavy (non-hydrogen) atoms. The van der Waals surface area contributed by atoms with Gasteiger partial charge in [0.1, 0.15) is 12.0 Å². The number of sulfone groups is 1. The van der Waals surface area contributed by atoms with Crippen molar-refractivity contribution in [2.24, 2.45) is 0 Å². The summed E-state index contributed by atoms with van der Waals surface area (Å²) in [5.74, 6) is 0.575. The summed E-state index contributed by atoms with van der Waals surface area (Å²) in [6.45, 7) is 1.59. The van der Waals surface area contributed by atoms with Crippen molar-refractivity contribution in [3.05, 3.63) is 17.8 Å². The summed E-state index contributed by atoms with van der Waals surface area (Å²) in [5, 5.41) is 9.24. The standard InChI is InChI=1S/C9H13NO4S/c1-6(11)8-4-14-9(10-8)7-2-3-15(12,13)5-7/h4,6-7,11H,2-3,5H2,1H3. The minimum atomic E-state index is -2.92. The highest BCUT2D eigenvalue weighted by atomic mass is 32.2. The largest absolute Gasteiger partial charge is 0.448 e. The summed E-state index contributed by atoms with van der Waals surface area (Å²) in [7, 11) is -2.92. The molecule has 0 aliphatic carbocycles. The summed E-state index contributed by atoms with van der Waals surface area (Å²) in [5.41, 5.74) is 0.453. The number of aliphatic hydroxyl groups excluding tert-OH is 1. The third-order valence-corrected chi connectivity index (χ3v) is 4.32. The maximum Gasteiger partial charge on any atom is 0.198 e. The van der Waals surface area contributed by atoms with Gasteiger partial charge in [-0.05, 0) is 13.3 Å². The van der Waals surface area contributed by atoms with Crippen molar-refractivity contribution in [1.82, 2.24) is 4.98 Å². The second-order valence-corrected chi connectivity index (χ2v) is 6.12. The third kappa shape index (κ3) is 2.21. The Hall–Kier alpha value is -0.880. The molecule has 1 N–H and O–H groups in total. The molecule has 1 aromatic heterocycles. The lowest BCUT2D eigenvalue weighted by atomic mass is 10.1. The summed E-state index contributed by atoms with van der Waals surface area (Å²) >= 11 is 0. The van der Waals surface area contributed by atoms with Gasteiger partial charge in [-0.25, -0.2) is 13.4 Å². The predicted octanol–water partition coefficient (Wildman–Crippen LogP) is 0.630. The van der Waals surface area contributed by atoms with E-state index in [0.29, 0.717) is 18.0 Å². The van der Waals surface area contributed by atoms with E-state index in [1.165, 1.54) is 6.26 Å². The molecule has 0 spiro atoms. The van der Waals surface area contributed by atoms with Gasteiger partial charge in [-0.1, -0.05) is 0 Å². The Morgan fingerprint density at radius 1 is 1.67 bits per heavy atom. The monoisotopic (exact) mass is 231 g/mol. The van der Waals surface area contributed by atoms with Crippen molar-refractivity contribution >= 4 is 9.84 Å². The zero-order valence-electron chi connectivity index (χ0n) is 8.38. The molecule has 1 saturated heterocycles. The first-order valence-electron chi connectivity index (χ1n) is 4.82. The smallest absolute Gasteiger partial charge is 0.198 e. The molecule has 1 aliphatic heterocycles. The van der Waals surface area contributed by atoms with E-state index in [2.05, 4.69) is 4.98 Å². The molecule has 6 heteroatoms. The summed E-state index contributed by atoms with van der Waals surface area (Å²) in [6, 6.07) is 0. The van der Waals surface area contributed by atoms with E-state index < -0.39 is 15.9 Å². The van der Waals surface area contributed by atoms with Crippen molar-refractivity contribution in [2.75, 3.05) is 11.5 Å². The Balaban J connectivity index is 2.17. The van der Waals surface area contributed by atoms with Crippen molar-refractivity contribution in [2.45, 2.75) is 25.4 Å². The molecule has 2 heterocycles. The molecule has 0 saturated carbocycles. The number of nitrogens with zero attached hydrogens (tertiary/aromatic N) is 1. The van der Waals surface area contributed by atoms with E-state index in [1.54, 1.807) is 6.92 Å². The number of rotatable bonds is 2. The maximum atomic E-state index is 11.2. The molecule has 2 rings (SSSR count). The predicted molar refractivity (Wildman–Crippen MR) is 53.1 cm³/mol. The minimum absolute atomic E-state index is 0.104.